The molecule has 0 atom stereocenters. The van der Waals surface area contributed by atoms with Gasteiger partial charge in [0.05, 0.1) is 19.6 Å². The van der Waals surface area contributed by atoms with E-state index in [1.807, 2.05) is 22.9 Å². The van der Waals surface area contributed by atoms with Gasteiger partial charge in [-0.3, -0.25) is 9.59 Å². The molecule has 0 unspecified atom stereocenters. The molecule has 1 amide bonds. The maximum absolute atomic E-state index is 13.1. The zero-order valence-corrected chi connectivity index (χ0v) is 17.1. The number of esters is 1. The molecule has 0 aliphatic carbocycles. The molecule has 1 aromatic heterocycles. The van der Waals surface area contributed by atoms with Crippen LogP contribution in [0.4, 0.5) is 4.39 Å². The van der Waals surface area contributed by atoms with Gasteiger partial charge in [-0.05, 0) is 43.2 Å². The smallest absolute Gasteiger partial charge is 0.306 e. The van der Waals surface area contributed by atoms with Gasteiger partial charge in [0.25, 0.3) is 0 Å². The summed E-state index contributed by atoms with van der Waals surface area (Å²) in [4.78, 5) is 26.0. The Hall–Kier alpha value is -2.67. The molecule has 2 rings (SSSR count). The SMILES string of the molecule is CCOC(=O)CCC(=O)N(CCCOC)Cc1cccn1Cc1ccc(F)cc1. The van der Waals surface area contributed by atoms with E-state index in [0.717, 1.165) is 11.3 Å². The van der Waals surface area contributed by atoms with Crippen molar-refractivity contribution in [1.82, 2.24) is 9.47 Å². The number of carbonyl (C=O) groups excluding carboxylic acids is 2. The molecule has 2 aromatic rings. The summed E-state index contributed by atoms with van der Waals surface area (Å²) < 4.78 is 25.2. The minimum absolute atomic E-state index is 0.0735. The van der Waals surface area contributed by atoms with Gasteiger partial charge in [-0.25, -0.2) is 4.39 Å². The number of nitrogens with zero attached hydrogens (tertiary/aromatic N) is 2. The Bertz CT molecular complexity index is 773. The van der Waals surface area contributed by atoms with Crippen molar-refractivity contribution in [2.24, 2.45) is 0 Å². The molecule has 0 radical (unpaired) electrons. The lowest BCUT2D eigenvalue weighted by molar-refractivity contribution is -0.145. The van der Waals surface area contributed by atoms with E-state index in [0.29, 0.717) is 39.3 Å². The molecule has 29 heavy (non-hydrogen) atoms. The van der Waals surface area contributed by atoms with E-state index < -0.39 is 0 Å². The number of methoxy groups -OCH3 is 1. The molecule has 158 valence electrons. The van der Waals surface area contributed by atoms with Crippen LogP contribution in [0.2, 0.25) is 0 Å². The van der Waals surface area contributed by atoms with Crippen LogP contribution in [0, 0.1) is 5.82 Å². The maximum atomic E-state index is 13.1. The second kappa shape index (κ2) is 12.0. The van der Waals surface area contributed by atoms with Gasteiger partial charge in [-0.2, -0.15) is 0 Å². The van der Waals surface area contributed by atoms with Gasteiger partial charge in [-0.1, -0.05) is 12.1 Å². The van der Waals surface area contributed by atoms with Crippen LogP contribution in [0.25, 0.3) is 0 Å². The Morgan fingerprint density at radius 2 is 1.90 bits per heavy atom. The van der Waals surface area contributed by atoms with E-state index in [1.54, 1.807) is 31.1 Å². The highest BCUT2D eigenvalue weighted by molar-refractivity contribution is 5.81. The molecule has 6 nitrogen and oxygen atoms in total. The van der Waals surface area contributed by atoms with E-state index in [2.05, 4.69) is 0 Å². The molecule has 1 aromatic carbocycles. The van der Waals surface area contributed by atoms with Crippen LogP contribution < -0.4 is 0 Å². The summed E-state index contributed by atoms with van der Waals surface area (Å²) in [5.41, 5.74) is 1.94. The lowest BCUT2D eigenvalue weighted by atomic mass is 10.2. The zero-order valence-electron chi connectivity index (χ0n) is 17.1. The van der Waals surface area contributed by atoms with E-state index >= 15 is 0 Å². The number of benzene rings is 1. The zero-order chi connectivity index (χ0) is 21.1. The number of hydrogen-bond donors (Lipinski definition) is 0. The molecule has 0 spiro atoms. The first-order valence-electron chi connectivity index (χ1n) is 9.84. The third-order valence-corrected chi connectivity index (χ3v) is 4.52. The standard InChI is InChI=1S/C22H29FN2O4/c1-3-29-22(27)12-11-21(26)25(14-5-15-28-2)17-20-6-4-13-24(20)16-18-7-9-19(23)10-8-18/h4,6-10,13H,3,5,11-12,14-17H2,1-2H3. The highest BCUT2D eigenvalue weighted by Gasteiger charge is 2.17. The van der Waals surface area contributed by atoms with Gasteiger partial charge < -0.3 is 18.9 Å². The monoisotopic (exact) mass is 404 g/mol. The Morgan fingerprint density at radius 3 is 2.59 bits per heavy atom. The van der Waals surface area contributed by atoms with Crippen LogP contribution in [-0.2, 0) is 32.2 Å². The van der Waals surface area contributed by atoms with Crippen molar-refractivity contribution in [1.29, 1.82) is 0 Å². The molecular weight excluding hydrogens is 375 g/mol. The van der Waals surface area contributed by atoms with Crippen molar-refractivity contribution < 1.29 is 23.5 Å². The van der Waals surface area contributed by atoms with Gasteiger partial charge in [-0.15, -0.1) is 0 Å². The highest BCUT2D eigenvalue weighted by atomic mass is 19.1. The van der Waals surface area contributed by atoms with Gasteiger partial charge >= 0.3 is 5.97 Å². The third kappa shape index (κ3) is 7.69. The van der Waals surface area contributed by atoms with Gasteiger partial charge in [0.15, 0.2) is 0 Å². The largest absolute Gasteiger partial charge is 0.466 e. The van der Waals surface area contributed by atoms with Gasteiger partial charge in [0, 0.05) is 45.1 Å². The average molecular weight is 404 g/mol. The van der Waals surface area contributed by atoms with Crippen molar-refractivity contribution in [2.75, 3.05) is 26.9 Å². The second-order valence-electron chi connectivity index (χ2n) is 6.72. The molecule has 0 saturated carbocycles. The number of ether oxygens (including phenoxy) is 2. The number of aromatic nitrogens is 1. The predicted octanol–water partition coefficient (Wildman–Crippen LogP) is 3.38. The van der Waals surface area contributed by atoms with Crippen molar-refractivity contribution in [3.05, 3.63) is 59.7 Å². The minimum Gasteiger partial charge on any atom is -0.466 e. The first kappa shape index (κ1) is 22.6. The molecule has 0 saturated heterocycles. The third-order valence-electron chi connectivity index (χ3n) is 4.52. The second-order valence-corrected chi connectivity index (χ2v) is 6.72. The first-order valence-corrected chi connectivity index (χ1v) is 9.84. The molecule has 1 heterocycles. The summed E-state index contributed by atoms with van der Waals surface area (Å²) >= 11 is 0. The van der Waals surface area contributed by atoms with Crippen LogP contribution in [0.15, 0.2) is 42.6 Å². The number of carbonyl (C=O) groups is 2. The molecule has 7 heteroatoms. The average Bonchev–Trinajstić information content (AvgIpc) is 3.14. The molecule has 0 aliphatic rings. The van der Waals surface area contributed by atoms with Crippen LogP contribution in [0.3, 0.4) is 0 Å². The van der Waals surface area contributed by atoms with Crippen LogP contribution in [0.1, 0.15) is 37.4 Å². The summed E-state index contributed by atoms with van der Waals surface area (Å²) in [6.45, 7) is 4.16. The van der Waals surface area contributed by atoms with E-state index in [-0.39, 0.29) is 30.5 Å². The number of rotatable bonds is 12. The van der Waals surface area contributed by atoms with E-state index in [1.165, 1.54) is 12.1 Å². The van der Waals surface area contributed by atoms with Crippen molar-refractivity contribution in [3.8, 4) is 0 Å². The van der Waals surface area contributed by atoms with Gasteiger partial charge in [0.2, 0.25) is 5.91 Å². The van der Waals surface area contributed by atoms with Crippen LogP contribution in [0.5, 0.6) is 0 Å². The minimum atomic E-state index is -0.364. The van der Waals surface area contributed by atoms with E-state index in [9.17, 15) is 14.0 Å². The quantitative estimate of drug-likeness (QED) is 0.402. The maximum Gasteiger partial charge on any atom is 0.306 e. The summed E-state index contributed by atoms with van der Waals surface area (Å²) in [5, 5.41) is 0. The Morgan fingerprint density at radius 1 is 1.14 bits per heavy atom. The molecule has 0 bridgehead atoms. The summed E-state index contributed by atoms with van der Waals surface area (Å²) in [5.74, 6) is -0.723. The molecular formula is C22H29FN2O4. The van der Waals surface area contributed by atoms with Crippen molar-refractivity contribution in [2.45, 2.75) is 39.3 Å². The lowest BCUT2D eigenvalue weighted by Crippen LogP contribution is -2.33. The Balaban J connectivity index is 2.04. The van der Waals surface area contributed by atoms with Crippen LogP contribution >= 0.6 is 0 Å². The van der Waals surface area contributed by atoms with Crippen molar-refractivity contribution >= 4 is 11.9 Å². The Labute approximate surface area is 171 Å². The number of hydrogen-bond acceptors (Lipinski definition) is 4. The molecule has 0 fully saturated rings. The normalized spacial score (nSPS) is 10.7. The summed E-state index contributed by atoms with van der Waals surface area (Å²) in [7, 11) is 1.63. The first-order chi connectivity index (χ1) is 14.0. The fourth-order valence-electron chi connectivity index (χ4n) is 3.02. The fraction of sp³-hybridized carbons (Fsp3) is 0.455. The molecule has 0 aliphatic heterocycles. The topological polar surface area (TPSA) is 60.8 Å². The summed E-state index contributed by atoms with van der Waals surface area (Å²) in [6, 6.07) is 10.3. The number of halogens is 1. The van der Waals surface area contributed by atoms with Crippen molar-refractivity contribution in [3.63, 3.8) is 0 Å². The Kier molecular flexibility index (Phi) is 9.37. The highest BCUT2D eigenvalue weighted by Crippen LogP contribution is 2.13. The lowest BCUT2D eigenvalue weighted by Gasteiger charge is -2.23. The predicted molar refractivity (Wildman–Crippen MR) is 108 cm³/mol. The summed E-state index contributed by atoms with van der Waals surface area (Å²) in [6.07, 6.45) is 2.84. The van der Waals surface area contributed by atoms with Crippen LogP contribution in [-0.4, -0.2) is 48.2 Å². The molecule has 0 N–H and O–H groups in total. The number of amides is 1. The van der Waals surface area contributed by atoms with Gasteiger partial charge in [0.1, 0.15) is 5.82 Å². The van der Waals surface area contributed by atoms with E-state index in [4.69, 9.17) is 9.47 Å². The fourth-order valence-corrected chi connectivity index (χ4v) is 3.02.